The molecule has 1 fully saturated rings. The third-order valence-electron chi connectivity index (χ3n) is 5.43. The average molecular weight is 328 g/mol. The van der Waals surface area contributed by atoms with Crippen LogP contribution in [0.1, 0.15) is 76.3 Å². The van der Waals surface area contributed by atoms with Gasteiger partial charge in [-0.05, 0) is 49.5 Å². The van der Waals surface area contributed by atoms with E-state index in [1.807, 2.05) is 26.0 Å². The van der Waals surface area contributed by atoms with Crippen molar-refractivity contribution < 1.29 is 10.2 Å². The van der Waals surface area contributed by atoms with E-state index < -0.39 is 0 Å². The van der Waals surface area contributed by atoms with Gasteiger partial charge in [-0.15, -0.1) is 0 Å². The molecule has 0 atom stereocenters. The summed E-state index contributed by atoms with van der Waals surface area (Å²) in [4.78, 5) is 0. The minimum absolute atomic E-state index is 0.0528. The van der Waals surface area contributed by atoms with Crippen LogP contribution < -0.4 is 0 Å². The molecule has 0 bridgehead atoms. The summed E-state index contributed by atoms with van der Waals surface area (Å²) in [6.07, 6.45) is 13.0. The molecule has 0 saturated heterocycles. The number of benzene rings is 1. The molecule has 2 rings (SSSR count). The first kappa shape index (κ1) is 18.6. The number of rotatable bonds is 6. The fourth-order valence-corrected chi connectivity index (χ4v) is 3.97. The summed E-state index contributed by atoms with van der Waals surface area (Å²) in [7, 11) is 0. The van der Waals surface area contributed by atoms with Crippen LogP contribution >= 0.6 is 0 Å². The first-order chi connectivity index (χ1) is 11.5. The Morgan fingerprint density at radius 2 is 1.83 bits per heavy atom. The number of allylic oxidation sites excluding steroid dienone is 4. The Kier molecular flexibility index (Phi) is 6.53. The highest BCUT2D eigenvalue weighted by Crippen LogP contribution is 2.47. The standard InChI is InChI=1S/C22H32O2/c1-4-9-18(10-12-20(23)5-2)22(14-7-6-8-15-22)19-11-13-21(24)17(3)16-19/h10-13,16,23-24H,4-9,14-15H2,1-3H3/b18-10+,20-12+. The molecule has 0 radical (unpaired) electrons. The van der Waals surface area contributed by atoms with Gasteiger partial charge in [-0.1, -0.05) is 63.3 Å². The molecule has 2 N–H and O–H groups in total. The van der Waals surface area contributed by atoms with E-state index in [-0.39, 0.29) is 5.41 Å². The van der Waals surface area contributed by atoms with E-state index in [2.05, 4.69) is 25.1 Å². The summed E-state index contributed by atoms with van der Waals surface area (Å²) < 4.78 is 0. The second-order valence-corrected chi connectivity index (χ2v) is 7.10. The van der Waals surface area contributed by atoms with E-state index in [0.717, 1.165) is 31.2 Å². The van der Waals surface area contributed by atoms with Crippen molar-refractivity contribution in [3.05, 3.63) is 52.8 Å². The van der Waals surface area contributed by atoms with Crippen molar-refractivity contribution in [2.45, 2.75) is 77.6 Å². The molecular weight excluding hydrogens is 296 g/mol. The van der Waals surface area contributed by atoms with E-state index in [4.69, 9.17) is 0 Å². The summed E-state index contributed by atoms with van der Waals surface area (Å²) in [5.74, 6) is 0.811. The Hall–Kier alpha value is -1.70. The van der Waals surface area contributed by atoms with Crippen molar-refractivity contribution in [1.82, 2.24) is 0 Å². The van der Waals surface area contributed by atoms with Crippen LogP contribution in [-0.4, -0.2) is 10.2 Å². The van der Waals surface area contributed by atoms with Gasteiger partial charge in [-0.3, -0.25) is 0 Å². The average Bonchev–Trinajstić information content (AvgIpc) is 2.61. The normalized spacial score (nSPS) is 18.6. The molecule has 0 aromatic heterocycles. The molecule has 1 aliphatic carbocycles. The molecule has 24 heavy (non-hydrogen) atoms. The van der Waals surface area contributed by atoms with Gasteiger partial charge in [0.2, 0.25) is 0 Å². The Bertz CT molecular complexity index is 604. The topological polar surface area (TPSA) is 40.5 Å². The molecular formula is C22H32O2. The third-order valence-corrected chi connectivity index (χ3v) is 5.43. The number of phenolic OH excluding ortho intramolecular Hbond substituents is 1. The van der Waals surface area contributed by atoms with Crippen LogP contribution in [-0.2, 0) is 5.41 Å². The van der Waals surface area contributed by atoms with E-state index in [1.54, 1.807) is 0 Å². The van der Waals surface area contributed by atoms with Crippen LogP contribution in [0.15, 0.2) is 41.7 Å². The lowest BCUT2D eigenvalue weighted by Gasteiger charge is -2.41. The lowest BCUT2D eigenvalue weighted by atomic mass is 9.63. The Labute approximate surface area is 146 Å². The van der Waals surface area contributed by atoms with Gasteiger partial charge >= 0.3 is 0 Å². The number of aryl methyl sites for hydroxylation is 1. The van der Waals surface area contributed by atoms with Gasteiger partial charge in [-0.2, -0.15) is 0 Å². The molecule has 0 heterocycles. The van der Waals surface area contributed by atoms with Crippen LogP contribution in [0, 0.1) is 6.92 Å². The Morgan fingerprint density at radius 3 is 2.42 bits per heavy atom. The number of aliphatic hydroxyl groups excluding tert-OH is 1. The summed E-state index contributed by atoms with van der Waals surface area (Å²) in [6.45, 7) is 6.16. The fourth-order valence-electron chi connectivity index (χ4n) is 3.97. The number of aromatic hydroxyl groups is 1. The van der Waals surface area contributed by atoms with Crippen molar-refractivity contribution in [2.24, 2.45) is 0 Å². The van der Waals surface area contributed by atoms with E-state index in [1.165, 1.54) is 30.4 Å². The van der Waals surface area contributed by atoms with Crippen molar-refractivity contribution >= 4 is 0 Å². The van der Waals surface area contributed by atoms with Crippen LogP contribution in [0.5, 0.6) is 5.75 Å². The molecule has 2 heteroatoms. The van der Waals surface area contributed by atoms with E-state index in [9.17, 15) is 10.2 Å². The lowest BCUT2D eigenvalue weighted by molar-refractivity contribution is 0.330. The zero-order valence-corrected chi connectivity index (χ0v) is 15.4. The predicted molar refractivity (Wildman–Crippen MR) is 102 cm³/mol. The SMILES string of the molecule is CCC/C(=C\C=C(\O)CC)C1(c2ccc(O)c(C)c2)CCCCC1. The van der Waals surface area contributed by atoms with Crippen LogP contribution in [0.3, 0.4) is 0 Å². The summed E-state index contributed by atoms with van der Waals surface area (Å²) >= 11 is 0. The molecule has 2 nitrogen and oxygen atoms in total. The van der Waals surface area contributed by atoms with Crippen LogP contribution in [0.2, 0.25) is 0 Å². The second-order valence-electron chi connectivity index (χ2n) is 7.10. The zero-order valence-electron chi connectivity index (χ0n) is 15.4. The molecule has 1 saturated carbocycles. The van der Waals surface area contributed by atoms with Gasteiger partial charge in [-0.25, -0.2) is 0 Å². The first-order valence-corrected chi connectivity index (χ1v) is 9.42. The third kappa shape index (κ3) is 4.03. The molecule has 0 unspecified atom stereocenters. The first-order valence-electron chi connectivity index (χ1n) is 9.42. The predicted octanol–water partition coefficient (Wildman–Crippen LogP) is 6.48. The highest BCUT2D eigenvalue weighted by atomic mass is 16.3. The Morgan fingerprint density at radius 1 is 1.12 bits per heavy atom. The molecule has 0 spiro atoms. The number of hydrogen-bond acceptors (Lipinski definition) is 2. The number of aliphatic hydroxyl groups is 1. The van der Waals surface area contributed by atoms with E-state index >= 15 is 0 Å². The summed E-state index contributed by atoms with van der Waals surface area (Å²) in [5.41, 5.74) is 3.74. The maximum absolute atomic E-state index is 9.92. The maximum atomic E-state index is 9.92. The van der Waals surface area contributed by atoms with E-state index in [0.29, 0.717) is 17.9 Å². The van der Waals surface area contributed by atoms with Gasteiger partial charge in [0.05, 0.1) is 5.76 Å². The van der Waals surface area contributed by atoms with Crippen LogP contribution in [0.4, 0.5) is 0 Å². The van der Waals surface area contributed by atoms with Crippen molar-refractivity contribution in [1.29, 1.82) is 0 Å². The lowest BCUT2D eigenvalue weighted by Crippen LogP contribution is -2.31. The highest BCUT2D eigenvalue weighted by molar-refractivity contribution is 5.44. The largest absolute Gasteiger partial charge is 0.512 e. The van der Waals surface area contributed by atoms with Crippen molar-refractivity contribution in [3.63, 3.8) is 0 Å². The highest BCUT2D eigenvalue weighted by Gasteiger charge is 2.36. The summed E-state index contributed by atoms with van der Waals surface area (Å²) in [5, 5.41) is 19.8. The maximum Gasteiger partial charge on any atom is 0.118 e. The minimum Gasteiger partial charge on any atom is -0.512 e. The molecule has 1 aromatic carbocycles. The number of hydrogen-bond donors (Lipinski definition) is 2. The van der Waals surface area contributed by atoms with Gasteiger partial charge in [0, 0.05) is 11.8 Å². The number of phenols is 1. The smallest absolute Gasteiger partial charge is 0.118 e. The monoisotopic (exact) mass is 328 g/mol. The fraction of sp³-hybridized carbons (Fsp3) is 0.545. The quantitative estimate of drug-likeness (QED) is 0.463. The minimum atomic E-state index is 0.0528. The zero-order chi connectivity index (χ0) is 17.6. The Balaban J connectivity index is 2.53. The second kappa shape index (κ2) is 8.41. The molecule has 0 amide bonds. The van der Waals surface area contributed by atoms with Gasteiger partial charge < -0.3 is 10.2 Å². The van der Waals surface area contributed by atoms with Crippen LogP contribution in [0.25, 0.3) is 0 Å². The van der Waals surface area contributed by atoms with Gasteiger partial charge in [0.25, 0.3) is 0 Å². The molecule has 0 aliphatic heterocycles. The van der Waals surface area contributed by atoms with Crippen molar-refractivity contribution in [2.75, 3.05) is 0 Å². The summed E-state index contributed by atoms with van der Waals surface area (Å²) in [6, 6.07) is 6.10. The molecule has 132 valence electrons. The van der Waals surface area contributed by atoms with Gasteiger partial charge in [0.15, 0.2) is 0 Å². The van der Waals surface area contributed by atoms with Gasteiger partial charge in [0.1, 0.15) is 5.75 Å². The molecule has 1 aliphatic rings. The molecule has 1 aromatic rings. The van der Waals surface area contributed by atoms with Crippen molar-refractivity contribution in [3.8, 4) is 5.75 Å².